The highest BCUT2D eigenvalue weighted by Gasteiger charge is 2.38. The number of carbonyl (C=O) groups is 1. The summed E-state index contributed by atoms with van der Waals surface area (Å²) in [5.74, 6) is 1.36. The number of hydrogen-bond donors (Lipinski definition) is 0. The SMILES string of the molecule is Cc1nc(Br)cc2c1OC(C)c1c(N3CCS(=O)(=O)CC3)ncnc1N2C(=O)OC(C)(C)C. The zero-order valence-electron chi connectivity index (χ0n) is 19.1. The average molecular weight is 540 g/mol. The molecule has 0 saturated carbocycles. The monoisotopic (exact) mass is 539 g/mol. The summed E-state index contributed by atoms with van der Waals surface area (Å²) >= 11 is 3.40. The average Bonchev–Trinajstić information content (AvgIpc) is 2.81. The summed E-state index contributed by atoms with van der Waals surface area (Å²) in [6, 6.07) is 1.68. The number of anilines is 3. The van der Waals surface area contributed by atoms with Gasteiger partial charge in [0.1, 0.15) is 34.1 Å². The van der Waals surface area contributed by atoms with Gasteiger partial charge in [-0.3, -0.25) is 0 Å². The number of halogens is 1. The van der Waals surface area contributed by atoms with Gasteiger partial charge in [0.2, 0.25) is 0 Å². The topological polar surface area (TPSA) is 115 Å². The summed E-state index contributed by atoms with van der Waals surface area (Å²) in [4.78, 5) is 30.1. The molecule has 0 bridgehead atoms. The molecule has 2 aliphatic rings. The van der Waals surface area contributed by atoms with Crippen LogP contribution in [0.15, 0.2) is 17.0 Å². The number of hydrogen-bond acceptors (Lipinski definition) is 9. The van der Waals surface area contributed by atoms with Crippen molar-refractivity contribution in [1.29, 1.82) is 0 Å². The Balaban J connectivity index is 1.90. The van der Waals surface area contributed by atoms with Crippen LogP contribution in [0.1, 0.15) is 45.1 Å². The second-order valence-electron chi connectivity index (χ2n) is 9.03. The van der Waals surface area contributed by atoms with Gasteiger partial charge in [0.25, 0.3) is 0 Å². The van der Waals surface area contributed by atoms with Crippen molar-refractivity contribution in [2.75, 3.05) is 34.4 Å². The normalized spacial score (nSPS) is 19.8. The fourth-order valence-electron chi connectivity index (χ4n) is 3.86. The van der Waals surface area contributed by atoms with Gasteiger partial charge in [-0.1, -0.05) is 0 Å². The van der Waals surface area contributed by atoms with E-state index in [0.717, 1.165) is 0 Å². The van der Waals surface area contributed by atoms with Gasteiger partial charge in [-0.05, 0) is 56.6 Å². The third kappa shape index (κ3) is 4.77. The Labute approximate surface area is 201 Å². The van der Waals surface area contributed by atoms with Crippen LogP contribution >= 0.6 is 15.9 Å². The minimum absolute atomic E-state index is 0.0347. The van der Waals surface area contributed by atoms with Crippen LogP contribution < -0.4 is 14.5 Å². The van der Waals surface area contributed by atoms with E-state index in [1.807, 2.05) is 11.8 Å². The van der Waals surface area contributed by atoms with Gasteiger partial charge in [0, 0.05) is 13.1 Å². The molecule has 2 aliphatic heterocycles. The van der Waals surface area contributed by atoms with Crippen molar-refractivity contribution in [2.24, 2.45) is 0 Å². The molecule has 2 aromatic heterocycles. The summed E-state index contributed by atoms with van der Waals surface area (Å²) in [5, 5.41) is 0. The number of fused-ring (bicyclic) bond motifs is 2. The van der Waals surface area contributed by atoms with Crippen molar-refractivity contribution in [1.82, 2.24) is 15.0 Å². The van der Waals surface area contributed by atoms with Gasteiger partial charge in [-0.2, -0.15) is 0 Å². The molecule has 0 N–H and O–H groups in total. The number of ether oxygens (including phenoxy) is 2. The molecule has 0 aromatic carbocycles. The van der Waals surface area contributed by atoms with Crippen molar-refractivity contribution in [3.05, 3.63) is 28.3 Å². The lowest BCUT2D eigenvalue weighted by Crippen LogP contribution is -2.41. The Hall–Kier alpha value is -2.47. The first-order chi connectivity index (χ1) is 15.4. The van der Waals surface area contributed by atoms with Gasteiger partial charge >= 0.3 is 6.09 Å². The fourth-order valence-corrected chi connectivity index (χ4v) is 5.54. The van der Waals surface area contributed by atoms with E-state index < -0.39 is 27.6 Å². The lowest BCUT2D eigenvalue weighted by atomic mass is 10.1. The molecule has 1 saturated heterocycles. The summed E-state index contributed by atoms with van der Waals surface area (Å²) in [6.45, 7) is 9.59. The highest BCUT2D eigenvalue weighted by atomic mass is 79.9. The van der Waals surface area contributed by atoms with Crippen LogP contribution in [0.25, 0.3) is 0 Å². The predicted molar refractivity (Wildman–Crippen MR) is 127 cm³/mol. The maximum Gasteiger partial charge on any atom is 0.420 e. The van der Waals surface area contributed by atoms with Crippen LogP contribution in [0.5, 0.6) is 5.75 Å². The molecule has 4 heterocycles. The Morgan fingerprint density at radius 2 is 1.85 bits per heavy atom. The largest absolute Gasteiger partial charge is 0.482 e. The van der Waals surface area contributed by atoms with Crippen LogP contribution in [0.2, 0.25) is 0 Å². The standard InChI is InChI=1S/C21H26BrN5O5S/c1-12-17-14(10-15(22)25-12)27(20(28)32-21(3,4)5)19-16(13(2)31-17)18(23-11-24-19)26-6-8-33(29,30)9-7-26/h10-11,13H,6-9H2,1-5H3. The van der Waals surface area contributed by atoms with Crippen molar-refractivity contribution < 1.29 is 22.7 Å². The molecule has 0 radical (unpaired) electrons. The molecule has 0 aliphatic carbocycles. The number of amides is 1. The molecule has 33 heavy (non-hydrogen) atoms. The number of aromatic nitrogens is 3. The van der Waals surface area contributed by atoms with Crippen molar-refractivity contribution in [2.45, 2.75) is 46.3 Å². The van der Waals surface area contributed by atoms with Crippen molar-refractivity contribution >= 4 is 49.2 Å². The molecule has 1 unspecified atom stereocenters. The molecule has 1 atom stereocenters. The highest BCUT2D eigenvalue weighted by Crippen LogP contribution is 2.47. The van der Waals surface area contributed by atoms with Gasteiger partial charge in [-0.25, -0.2) is 33.1 Å². The summed E-state index contributed by atoms with van der Waals surface area (Å²) in [6.07, 6.45) is 0.212. The molecule has 178 valence electrons. The molecule has 1 fully saturated rings. The number of pyridine rings is 1. The third-order valence-electron chi connectivity index (χ3n) is 5.31. The maximum absolute atomic E-state index is 13.5. The van der Waals surface area contributed by atoms with E-state index in [1.54, 1.807) is 33.8 Å². The molecule has 4 rings (SSSR count). The van der Waals surface area contributed by atoms with E-state index in [1.165, 1.54) is 11.2 Å². The number of rotatable bonds is 1. The van der Waals surface area contributed by atoms with E-state index in [9.17, 15) is 13.2 Å². The van der Waals surface area contributed by atoms with Crippen LogP contribution in [0, 0.1) is 6.92 Å². The first-order valence-electron chi connectivity index (χ1n) is 10.5. The zero-order valence-corrected chi connectivity index (χ0v) is 21.5. The lowest BCUT2D eigenvalue weighted by molar-refractivity contribution is 0.0598. The van der Waals surface area contributed by atoms with Gasteiger partial charge in [0.15, 0.2) is 21.4 Å². The second kappa shape index (κ2) is 8.39. The Morgan fingerprint density at radius 1 is 1.21 bits per heavy atom. The molecule has 1 amide bonds. The van der Waals surface area contributed by atoms with Crippen LogP contribution in [0.4, 0.5) is 22.1 Å². The third-order valence-corrected chi connectivity index (χ3v) is 7.32. The van der Waals surface area contributed by atoms with Crippen LogP contribution in [-0.2, 0) is 14.6 Å². The van der Waals surface area contributed by atoms with Gasteiger partial charge in [0.05, 0.1) is 22.8 Å². The molecular weight excluding hydrogens is 514 g/mol. The molecule has 2 aromatic rings. The zero-order chi connectivity index (χ0) is 24.1. The van der Waals surface area contributed by atoms with E-state index in [-0.39, 0.29) is 11.5 Å². The quantitative estimate of drug-likeness (QED) is 0.500. The first kappa shape index (κ1) is 23.7. The fraction of sp³-hybridized carbons (Fsp3) is 0.524. The smallest absolute Gasteiger partial charge is 0.420 e. The molecule has 10 nitrogen and oxygen atoms in total. The minimum Gasteiger partial charge on any atom is -0.482 e. The Kier molecular flexibility index (Phi) is 6.02. The van der Waals surface area contributed by atoms with Crippen molar-refractivity contribution in [3.63, 3.8) is 0 Å². The highest BCUT2D eigenvalue weighted by molar-refractivity contribution is 9.10. The summed E-state index contributed by atoms with van der Waals surface area (Å²) in [5.41, 5.74) is 0.868. The number of nitrogens with zero attached hydrogens (tertiary/aromatic N) is 5. The first-order valence-corrected chi connectivity index (χ1v) is 13.1. The van der Waals surface area contributed by atoms with E-state index in [4.69, 9.17) is 9.47 Å². The molecule has 12 heteroatoms. The second-order valence-corrected chi connectivity index (χ2v) is 12.1. The number of aryl methyl sites for hydroxylation is 1. The van der Waals surface area contributed by atoms with E-state index in [2.05, 4.69) is 30.9 Å². The molecular formula is C21H26BrN5O5S. The number of sulfone groups is 1. The maximum atomic E-state index is 13.5. The van der Waals surface area contributed by atoms with Crippen molar-refractivity contribution in [3.8, 4) is 5.75 Å². The van der Waals surface area contributed by atoms with Gasteiger partial charge in [-0.15, -0.1) is 0 Å². The van der Waals surface area contributed by atoms with Gasteiger partial charge < -0.3 is 14.4 Å². The van der Waals surface area contributed by atoms with E-state index in [0.29, 0.717) is 52.0 Å². The summed E-state index contributed by atoms with van der Waals surface area (Å²) < 4.78 is 36.5. The number of carbonyl (C=O) groups excluding carboxylic acids is 1. The predicted octanol–water partition coefficient (Wildman–Crippen LogP) is 3.70. The Morgan fingerprint density at radius 3 is 2.48 bits per heavy atom. The Bertz CT molecular complexity index is 1200. The van der Waals surface area contributed by atoms with Crippen LogP contribution in [-0.4, -0.2) is 59.7 Å². The van der Waals surface area contributed by atoms with Crippen LogP contribution in [0.3, 0.4) is 0 Å². The summed E-state index contributed by atoms with van der Waals surface area (Å²) in [7, 11) is -3.08. The lowest BCUT2D eigenvalue weighted by Gasteiger charge is -2.31. The molecule has 0 spiro atoms. The van der Waals surface area contributed by atoms with E-state index >= 15 is 0 Å². The minimum atomic E-state index is -3.08.